The minimum Gasteiger partial charge on any atom is -0.242 e. The van der Waals surface area contributed by atoms with Crippen LogP contribution in [0.4, 0.5) is 0 Å². The molecule has 4 nitrogen and oxygen atoms in total. The van der Waals surface area contributed by atoms with E-state index in [-0.39, 0.29) is 0 Å². The van der Waals surface area contributed by atoms with Gasteiger partial charge in [0.25, 0.3) is 0 Å². The lowest BCUT2D eigenvalue weighted by molar-refractivity contribution is 0.255. The second-order valence-corrected chi connectivity index (χ2v) is 4.68. The van der Waals surface area contributed by atoms with Crippen LogP contribution in [0.1, 0.15) is 32.6 Å². The second-order valence-electron chi connectivity index (χ2n) is 4.32. The first-order valence-electron chi connectivity index (χ1n) is 5.23. The topological polar surface area (TPSA) is 46.5 Å². The SMILES string of the molecule is CC1CCC(Cn2[nH]nnc2=S)CC1. The fraction of sp³-hybridized carbons (Fsp3) is 0.889. The number of aromatic nitrogens is 4. The van der Waals surface area contributed by atoms with E-state index in [9.17, 15) is 0 Å². The maximum atomic E-state index is 5.04. The summed E-state index contributed by atoms with van der Waals surface area (Å²) in [6, 6.07) is 0. The molecule has 0 aliphatic heterocycles. The van der Waals surface area contributed by atoms with E-state index in [0.29, 0.717) is 4.77 Å². The normalized spacial score (nSPS) is 27.8. The molecule has 0 radical (unpaired) electrons. The monoisotopic (exact) mass is 212 g/mol. The molecule has 1 aliphatic rings. The number of aromatic amines is 1. The highest BCUT2D eigenvalue weighted by molar-refractivity contribution is 7.71. The molecule has 14 heavy (non-hydrogen) atoms. The van der Waals surface area contributed by atoms with E-state index in [4.69, 9.17) is 12.2 Å². The standard InChI is InChI=1S/C9H16N4S/c1-7-2-4-8(5-3-7)6-13-9(14)10-11-12-13/h7-8H,2-6H2,1H3,(H,10,12,14). The van der Waals surface area contributed by atoms with Crippen LogP contribution in [0.2, 0.25) is 0 Å². The smallest absolute Gasteiger partial charge is 0.238 e. The summed E-state index contributed by atoms with van der Waals surface area (Å²) < 4.78 is 2.44. The number of H-pyrrole nitrogens is 1. The third-order valence-electron chi connectivity index (χ3n) is 3.11. The summed E-state index contributed by atoms with van der Waals surface area (Å²) in [5.41, 5.74) is 0. The van der Waals surface area contributed by atoms with Crippen LogP contribution in [-0.4, -0.2) is 20.2 Å². The Labute approximate surface area is 88.7 Å². The lowest BCUT2D eigenvalue weighted by Crippen LogP contribution is -2.18. The first-order chi connectivity index (χ1) is 6.75. The van der Waals surface area contributed by atoms with Gasteiger partial charge in [0.05, 0.1) is 0 Å². The summed E-state index contributed by atoms with van der Waals surface area (Å²) in [5.74, 6) is 1.65. The van der Waals surface area contributed by atoms with E-state index >= 15 is 0 Å². The average Bonchev–Trinajstić information content (AvgIpc) is 2.56. The van der Waals surface area contributed by atoms with E-state index in [2.05, 4.69) is 22.4 Å². The molecule has 1 N–H and O–H groups in total. The van der Waals surface area contributed by atoms with Crippen LogP contribution in [0.15, 0.2) is 0 Å². The molecule has 0 amide bonds. The number of nitrogens with one attached hydrogen (secondary N) is 1. The molecular formula is C9H16N4S. The maximum absolute atomic E-state index is 5.04. The van der Waals surface area contributed by atoms with E-state index in [1.165, 1.54) is 25.7 Å². The van der Waals surface area contributed by atoms with Gasteiger partial charge < -0.3 is 0 Å². The van der Waals surface area contributed by atoms with Gasteiger partial charge in [-0.05, 0) is 36.9 Å². The summed E-state index contributed by atoms with van der Waals surface area (Å²) in [5, 5.41) is 10.3. The van der Waals surface area contributed by atoms with Gasteiger partial charge in [-0.3, -0.25) is 0 Å². The average molecular weight is 212 g/mol. The largest absolute Gasteiger partial charge is 0.242 e. The number of hydrogen-bond donors (Lipinski definition) is 1. The van der Waals surface area contributed by atoms with Gasteiger partial charge in [0.2, 0.25) is 4.77 Å². The van der Waals surface area contributed by atoms with Crippen molar-refractivity contribution in [3.05, 3.63) is 4.77 Å². The molecule has 0 atom stereocenters. The van der Waals surface area contributed by atoms with Gasteiger partial charge in [-0.25, -0.2) is 4.68 Å². The molecule has 1 aromatic rings. The predicted octanol–water partition coefficient (Wildman–Crippen LogP) is 2.16. The molecule has 1 saturated carbocycles. The van der Waals surface area contributed by atoms with E-state index in [1.807, 2.05) is 4.68 Å². The van der Waals surface area contributed by atoms with E-state index < -0.39 is 0 Å². The van der Waals surface area contributed by atoms with Crippen LogP contribution in [0, 0.1) is 16.6 Å². The van der Waals surface area contributed by atoms with Crippen molar-refractivity contribution in [1.82, 2.24) is 20.2 Å². The molecule has 0 unspecified atom stereocenters. The number of nitrogens with zero attached hydrogens (tertiary/aromatic N) is 3. The minimum absolute atomic E-state index is 0.573. The highest BCUT2D eigenvalue weighted by atomic mass is 32.1. The van der Waals surface area contributed by atoms with Crippen LogP contribution in [0.25, 0.3) is 0 Å². The summed E-state index contributed by atoms with van der Waals surface area (Å²) in [7, 11) is 0. The van der Waals surface area contributed by atoms with E-state index in [0.717, 1.165) is 18.4 Å². The van der Waals surface area contributed by atoms with Gasteiger partial charge >= 0.3 is 0 Å². The van der Waals surface area contributed by atoms with Gasteiger partial charge in [-0.2, -0.15) is 5.21 Å². The summed E-state index contributed by atoms with van der Waals surface area (Å²) >= 11 is 5.04. The molecule has 1 fully saturated rings. The molecule has 2 rings (SSSR count). The van der Waals surface area contributed by atoms with Crippen LogP contribution in [0.3, 0.4) is 0 Å². The second kappa shape index (κ2) is 4.21. The summed E-state index contributed by atoms with van der Waals surface area (Å²) in [6.45, 7) is 3.29. The molecule has 5 heteroatoms. The van der Waals surface area contributed by atoms with Gasteiger partial charge in [-0.15, -0.1) is 0 Å². The molecular weight excluding hydrogens is 196 g/mol. The lowest BCUT2D eigenvalue weighted by Gasteiger charge is -2.25. The van der Waals surface area contributed by atoms with Crippen LogP contribution in [0.5, 0.6) is 0 Å². The molecule has 0 bridgehead atoms. The molecule has 0 spiro atoms. The van der Waals surface area contributed by atoms with Crippen molar-refractivity contribution in [2.24, 2.45) is 11.8 Å². The Bertz CT molecular complexity index is 335. The van der Waals surface area contributed by atoms with Crippen molar-refractivity contribution in [3.63, 3.8) is 0 Å². The van der Waals surface area contributed by atoms with Crippen LogP contribution >= 0.6 is 12.2 Å². The molecule has 0 saturated heterocycles. The zero-order valence-corrected chi connectivity index (χ0v) is 9.26. The molecule has 78 valence electrons. The zero-order valence-electron chi connectivity index (χ0n) is 8.44. The van der Waals surface area contributed by atoms with E-state index in [1.54, 1.807) is 0 Å². The maximum Gasteiger partial charge on any atom is 0.238 e. The Kier molecular flexibility index (Phi) is 2.96. The predicted molar refractivity (Wildman–Crippen MR) is 56.3 cm³/mol. The first-order valence-corrected chi connectivity index (χ1v) is 5.64. The highest BCUT2D eigenvalue weighted by Gasteiger charge is 2.18. The summed E-state index contributed by atoms with van der Waals surface area (Å²) in [6.07, 6.45) is 5.31. The molecule has 0 aromatic carbocycles. The Hall–Kier alpha value is -0.710. The zero-order chi connectivity index (χ0) is 9.97. The first kappa shape index (κ1) is 9.83. The highest BCUT2D eigenvalue weighted by Crippen LogP contribution is 2.28. The number of hydrogen-bond acceptors (Lipinski definition) is 3. The number of tetrazole rings is 1. The molecule has 1 heterocycles. The summed E-state index contributed by atoms with van der Waals surface area (Å²) in [4.78, 5) is 0. The van der Waals surface area contributed by atoms with Gasteiger partial charge in [0.1, 0.15) is 0 Å². The van der Waals surface area contributed by atoms with Crippen molar-refractivity contribution in [1.29, 1.82) is 0 Å². The minimum atomic E-state index is 0.573. The quantitative estimate of drug-likeness (QED) is 0.764. The molecule has 1 aromatic heterocycles. The third-order valence-corrected chi connectivity index (χ3v) is 3.41. The van der Waals surface area contributed by atoms with Crippen LogP contribution in [-0.2, 0) is 6.54 Å². The van der Waals surface area contributed by atoms with Crippen molar-refractivity contribution >= 4 is 12.2 Å². The van der Waals surface area contributed by atoms with Gasteiger partial charge in [0, 0.05) is 6.54 Å². The van der Waals surface area contributed by atoms with Crippen molar-refractivity contribution in [3.8, 4) is 0 Å². The van der Waals surface area contributed by atoms with Crippen LogP contribution < -0.4 is 0 Å². The van der Waals surface area contributed by atoms with Crippen molar-refractivity contribution < 1.29 is 0 Å². The molecule has 1 aliphatic carbocycles. The lowest BCUT2D eigenvalue weighted by atomic mass is 9.83. The Morgan fingerprint density at radius 1 is 1.43 bits per heavy atom. The number of rotatable bonds is 2. The van der Waals surface area contributed by atoms with Gasteiger partial charge in [-0.1, -0.05) is 30.1 Å². The fourth-order valence-corrected chi connectivity index (χ4v) is 2.26. The fourth-order valence-electron chi connectivity index (χ4n) is 2.10. The van der Waals surface area contributed by atoms with Crippen molar-refractivity contribution in [2.75, 3.05) is 0 Å². The Morgan fingerprint density at radius 2 is 2.14 bits per heavy atom. The third kappa shape index (κ3) is 2.20. The Morgan fingerprint density at radius 3 is 2.71 bits per heavy atom. The Balaban J connectivity index is 1.93. The van der Waals surface area contributed by atoms with Crippen molar-refractivity contribution in [2.45, 2.75) is 39.2 Å². The van der Waals surface area contributed by atoms with Gasteiger partial charge in [0.15, 0.2) is 0 Å².